The molecule has 1 fully saturated rings. The van der Waals surface area contributed by atoms with Crippen molar-refractivity contribution in [2.24, 2.45) is 0 Å². The number of carboxylic acid groups (broad SMARTS) is 1. The molecule has 1 aliphatic rings. The van der Waals surface area contributed by atoms with E-state index in [0.717, 1.165) is 30.5 Å². The lowest BCUT2D eigenvalue weighted by Crippen LogP contribution is -2.46. The predicted octanol–water partition coefficient (Wildman–Crippen LogP) is 3.13. The number of pyridine rings is 1. The summed E-state index contributed by atoms with van der Waals surface area (Å²) in [6, 6.07) is 8.89. The molecule has 0 spiro atoms. The van der Waals surface area contributed by atoms with Crippen LogP contribution in [0.4, 0.5) is 0 Å². The molecule has 0 radical (unpaired) electrons. The summed E-state index contributed by atoms with van der Waals surface area (Å²) in [7, 11) is 3.20. The van der Waals surface area contributed by atoms with Gasteiger partial charge in [-0.2, -0.15) is 0 Å². The van der Waals surface area contributed by atoms with Gasteiger partial charge in [-0.05, 0) is 48.7 Å². The zero-order chi connectivity index (χ0) is 18.5. The standard InChI is InChI=1S/C20H24N2O4/c1-25-17-9-8-14(12-18(17)26-2)19(15-6-5-10-21-13-15)22-11-4-3-7-16(22)20(23)24/h5-6,8-10,12-13,16,19H,3-4,7,11H2,1-2H3,(H,23,24). The van der Waals surface area contributed by atoms with E-state index >= 15 is 0 Å². The first-order valence-electron chi connectivity index (χ1n) is 8.76. The number of likely N-dealkylation sites (tertiary alicyclic amines) is 1. The molecule has 26 heavy (non-hydrogen) atoms. The quantitative estimate of drug-likeness (QED) is 0.857. The first kappa shape index (κ1) is 18.2. The highest BCUT2D eigenvalue weighted by Gasteiger charge is 2.35. The van der Waals surface area contributed by atoms with Crippen molar-refractivity contribution in [2.45, 2.75) is 31.3 Å². The van der Waals surface area contributed by atoms with Crippen LogP contribution in [-0.2, 0) is 4.79 Å². The average molecular weight is 356 g/mol. The highest BCUT2D eigenvalue weighted by molar-refractivity contribution is 5.73. The number of hydrogen-bond donors (Lipinski definition) is 1. The van der Waals surface area contributed by atoms with Gasteiger partial charge in [0.05, 0.1) is 20.3 Å². The molecule has 1 aromatic carbocycles. The van der Waals surface area contributed by atoms with E-state index in [2.05, 4.69) is 9.88 Å². The Hall–Kier alpha value is -2.60. The second kappa shape index (κ2) is 8.19. The number of hydrogen-bond acceptors (Lipinski definition) is 5. The third-order valence-corrected chi connectivity index (χ3v) is 4.88. The molecular formula is C20H24N2O4. The second-order valence-electron chi connectivity index (χ2n) is 6.39. The van der Waals surface area contributed by atoms with E-state index in [1.165, 1.54) is 0 Å². The molecule has 1 aromatic heterocycles. The predicted molar refractivity (Wildman–Crippen MR) is 97.6 cm³/mol. The normalized spacial score (nSPS) is 18.9. The number of rotatable bonds is 6. The van der Waals surface area contributed by atoms with Crippen LogP contribution in [0.15, 0.2) is 42.7 Å². The molecule has 2 heterocycles. The number of piperidine rings is 1. The Morgan fingerprint density at radius 3 is 2.65 bits per heavy atom. The van der Waals surface area contributed by atoms with Crippen LogP contribution < -0.4 is 9.47 Å². The number of carbonyl (C=O) groups is 1. The number of carboxylic acids is 1. The van der Waals surface area contributed by atoms with Gasteiger partial charge in [0.15, 0.2) is 11.5 Å². The third-order valence-electron chi connectivity index (χ3n) is 4.88. The summed E-state index contributed by atoms with van der Waals surface area (Å²) in [6.45, 7) is 0.727. The fraction of sp³-hybridized carbons (Fsp3) is 0.400. The fourth-order valence-electron chi connectivity index (χ4n) is 3.66. The molecule has 6 nitrogen and oxygen atoms in total. The van der Waals surface area contributed by atoms with Crippen molar-refractivity contribution in [1.82, 2.24) is 9.88 Å². The summed E-state index contributed by atoms with van der Waals surface area (Å²) in [5, 5.41) is 9.73. The summed E-state index contributed by atoms with van der Waals surface area (Å²) in [5.41, 5.74) is 1.93. The van der Waals surface area contributed by atoms with Gasteiger partial charge in [-0.25, -0.2) is 0 Å². The van der Waals surface area contributed by atoms with Crippen LogP contribution in [0, 0.1) is 0 Å². The van der Waals surface area contributed by atoms with E-state index in [0.29, 0.717) is 17.9 Å². The van der Waals surface area contributed by atoms with Crippen molar-refractivity contribution >= 4 is 5.97 Å². The molecule has 2 atom stereocenters. The molecule has 3 rings (SSSR count). The minimum Gasteiger partial charge on any atom is -0.493 e. The number of nitrogens with zero attached hydrogens (tertiary/aromatic N) is 2. The van der Waals surface area contributed by atoms with Gasteiger partial charge in [-0.15, -0.1) is 0 Å². The van der Waals surface area contributed by atoms with E-state index in [4.69, 9.17) is 9.47 Å². The number of aromatic nitrogens is 1. The second-order valence-corrected chi connectivity index (χ2v) is 6.39. The maximum Gasteiger partial charge on any atom is 0.320 e. The van der Waals surface area contributed by atoms with Crippen molar-refractivity contribution in [2.75, 3.05) is 20.8 Å². The Bertz CT molecular complexity index is 751. The Kier molecular flexibility index (Phi) is 5.73. The van der Waals surface area contributed by atoms with Crippen LogP contribution in [0.25, 0.3) is 0 Å². The first-order chi connectivity index (χ1) is 12.7. The van der Waals surface area contributed by atoms with Gasteiger partial charge in [-0.3, -0.25) is 14.7 Å². The van der Waals surface area contributed by atoms with E-state index in [9.17, 15) is 9.90 Å². The van der Waals surface area contributed by atoms with Gasteiger partial charge in [0, 0.05) is 12.4 Å². The Morgan fingerprint density at radius 2 is 2.00 bits per heavy atom. The summed E-state index contributed by atoms with van der Waals surface area (Å²) in [4.78, 5) is 18.2. The number of methoxy groups -OCH3 is 2. The van der Waals surface area contributed by atoms with Crippen molar-refractivity contribution in [3.8, 4) is 11.5 Å². The number of benzene rings is 1. The van der Waals surface area contributed by atoms with E-state index in [1.54, 1.807) is 26.6 Å². The molecule has 1 N–H and O–H groups in total. The van der Waals surface area contributed by atoms with E-state index in [1.807, 2.05) is 30.3 Å². The monoisotopic (exact) mass is 356 g/mol. The minimum atomic E-state index is -0.779. The first-order valence-corrected chi connectivity index (χ1v) is 8.76. The van der Waals surface area contributed by atoms with Crippen molar-refractivity contribution in [1.29, 1.82) is 0 Å². The van der Waals surface area contributed by atoms with E-state index < -0.39 is 12.0 Å². The zero-order valence-corrected chi connectivity index (χ0v) is 15.1. The highest BCUT2D eigenvalue weighted by Crippen LogP contribution is 2.37. The van der Waals surface area contributed by atoms with Gasteiger partial charge >= 0.3 is 5.97 Å². The molecule has 1 aliphatic heterocycles. The van der Waals surface area contributed by atoms with Gasteiger partial charge in [-0.1, -0.05) is 18.6 Å². The molecule has 2 aromatic rings. The Labute approximate surface area is 153 Å². The largest absolute Gasteiger partial charge is 0.493 e. The molecule has 0 aliphatic carbocycles. The molecule has 0 saturated carbocycles. The number of ether oxygens (including phenoxy) is 2. The van der Waals surface area contributed by atoms with Gasteiger partial charge in [0.1, 0.15) is 6.04 Å². The fourth-order valence-corrected chi connectivity index (χ4v) is 3.66. The summed E-state index contributed by atoms with van der Waals surface area (Å²) in [5.74, 6) is 0.497. The lowest BCUT2D eigenvalue weighted by Gasteiger charge is -2.39. The topological polar surface area (TPSA) is 71.9 Å². The van der Waals surface area contributed by atoms with Crippen LogP contribution in [0.2, 0.25) is 0 Å². The maximum atomic E-state index is 11.9. The summed E-state index contributed by atoms with van der Waals surface area (Å²) >= 11 is 0. The van der Waals surface area contributed by atoms with Crippen LogP contribution in [0.1, 0.15) is 36.4 Å². The van der Waals surface area contributed by atoms with Gasteiger partial charge in [0.25, 0.3) is 0 Å². The van der Waals surface area contributed by atoms with Crippen molar-refractivity contribution in [3.63, 3.8) is 0 Å². The van der Waals surface area contributed by atoms with E-state index in [-0.39, 0.29) is 6.04 Å². The molecule has 138 valence electrons. The molecule has 0 bridgehead atoms. The molecular weight excluding hydrogens is 332 g/mol. The molecule has 0 amide bonds. The maximum absolute atomic E-state index is 11.9. The Morgan fingerprint density at radius 1 is 1.19 bits per heavy atom. The zero-order valence-electron chi connectivity index (χ0n) is 15.1. The highest BCUT2D eigenvalue weighted by atomic mass is 16.5. The van der Waals surface area contributed by atoms with Gasteiger partial charge < -0.3 is 14.6 Å². The number of aliphatic carboxylic acids is 1. The average Bonchev–Trinajstić information content (AvgIpc) is 2.69. The smallest absolute Gasteiger partial charge is 0.320 e. The van der Waals surface area contributed by atoms with Crippen LogP contribution in [0.3, 0.4) is 0 Å². The lowest BCUT2D eigenvalue weighted by molar-refractivity contribution is -0.145. The third kappa shape index (κ3) is 3.65. The summed E-state index contributed by atoms with van der Waals surface area (Å²) in [6.07, 6.45) is 6.08. The SMILES string of the molecule is COc1ccc(C(c2cccnc2)N2CCCCC2C(=O)O)cc1OC. The molecule has 2 unspecified atom stereocenters. The van der Waals surface area contributed by atoms with Crippen molar-refractivity contribution < 1.29 is 19.4 Å². The van der Waals surface area contributed by atoms with Crippen LogP contribution in [0.5, 0.6) is 11.5 Å². The van der Waals surface area contributed by atoms with Crippen LogP contribution in [-0.4, -0.2) is 47.8 Å². The lowest BCUT2D eigenvalue weighted by atomic mass is 9.92. The van der Waals surface area contributed by atoms with Gasteiger partial charge in [0.2, 0.25) is 0 Å². The molecule has 1 saturated heterocycles. The summed E-state index contributed by atoms with van der Waals surface area (Å²) < 4.78 is 10.8. The van der Waals surface area contributed by atoms with Crippen LogP contribution >= 0.6 is 0 Å². The Balaban J connectivity index is 2.08. The van der Waals surface area contributed by atoms with Crippen molar-refractivity contribution in [3.05, 3.63) is 53.9 Å². The molecule has 6 heteroatoms. The minimum absolute atomic E-state index is 0.204.